The fourth-order valence-corrected chi connectivity index (χ4v) is 4.00. The minimum Gasteiger partial charge on any atom is -0.344 e. The number of hydrogen-bond donors (Lipinski definition) is 1. The zero-order valence-electron chi connectivity index (χ0n) is 11.9. The quantitative estimate of drug-likeness (QED) is 0.899. The number of carbonyl (C=O) groups excluding carboxylic acids is 1. The summed E-state index contributed by atoms with van der Waals surface area (Å²) in [6.07, 6.45) is 5.63. The second-order valence-electron chi connectivity index (χ2n) is 5.45. The number of hydrogen-bond acceptors (Lipinski definition) is 3. The van der Waals surface area contributed by atoms with Gasteiger partial charge in [0.1, 0.15) is 0 Å². The van der Waals surface area contributed by atoms with Crippen LogP contribution in [0.2, 0.25) is 0 Å². The lowest BCUT2D eigenvalue weighted by molar-refractivity contribution is -0.137. The summed E-state index contributed by atoms with van der Waals surface area (Å²) in [4.78, 5) is 16.1. The van der Waals surface area contributed by atoms with Gasteiger partial charge in [-0.05, 0) is 31.3 Å². The van der Waals surface area contributed by atoms with Crippen LogP contribution in [0.15, 0.2) is 17.5 Å². The zero-order valence-corrected chi connectivity index (χ0v) is 12.8. The first-order valence-electron chi connectivity index (χ1n) is 7.15. The molecule has 0 saturated heterocycles. The highest BCUT2D eigenvalue weighted by Gasteiger charge is 2.43. The molecule has 0 radical (unpaired) electrons. The highest BCUT2D eigenvalue weighted by Crippen LogP contribution is 2.42. The summed E-state index contributed by atoms with van der Waals surface area (Å²) in [6, 6.07) is 4.21. The van der Waals surface area contributed by atoms with Gasteiger partial charge in [-0.2, -0.15) is 0 Å². The molecule has 1 N–H and O–H groups in total. The third-order valence-electron chi connectivity index (χ3n) is 4.15. The van der Waals surface area contributed by atoms with Crippen molar-refractivity contribution in [2.24, 2.45) is 0 Å². The van der Waals surface area contributed by atoms with Crippen molar-refractivity contribution in [1.29, 1.82) is 0 Å². The molecule has 0 atom stereocenters. The van der Waals surface area contributed by atoms with E-state index in [0.29, 0.717) is 5.91 Å². The Bertz CT molecular complexity index is 396. The summed E-state index contributed by atoms with van der Waals surface area (Å²) < 4.78 is 0. The normalized spacial score (nSPS) is 18.2. The summed E-state index contributed by atoms with van der Waals surface area (Å²) in [7, 11) is 3.86. The lowest BCUT2D eigenvalue weighted by Gasteiger charge is -2.38. The maximum atomic E-state index is 12.9. The van der Waals surface area contributed by atoms with Gasteiger partial charge in [0.25, 0.3) is 0 Å². The fraction of sp³-hybridized carbons (Fsp3) is 0.667. The van der Waals surface area contributed by atoms with Gasteiger partial charge in [0.15, 0.2) is 0 Å². The summed E-state index contributed by atoms with van der Waals surface area (Å²) in [5, 5.41) is 5.20. The second kappa shape index (κ2) is 6.53. The smallest absolute Gasteiger partial charge is 0.233 e. The number of thiophene rings is 1. The van der Waals surface area contributed by atoms with E-state index in [1.807, 2.05) is 19.0 Å². The van der Waals surface area contributed by atoms with Crippen molar-refractivity contribution in [2.75, 3.05) is 27.2 Å². The molecule has 0 unspecified atom stereocenters. The third kappa shape index (κ3) is 3.00. The highest BCUT2D eigenvalue weighted by molar-refractivity contribution is 7.10. The average Bonchev–Trinajstić information content (AvgIpc) is 2.99. The van der Waals surface area contributed by atoms with Gasteiger partial charge in [-0.25, -0.2) is 0 Å². The Hall–Kier alpha value is -0.870. The minimum absolute atomic E-state index is 0.241. The first-order valence-corrected chi connectivity index (χ1v) is 8.03. The largest absolute Gasteiger partial charge is 0.344 e. The molecule has 1 aromatic rings. The Morgan fingerprint density at radius 1 is 1.42 bits per heavy atom. The molecule has 1 amide bonds. The maximum absolute atomic E-state index is 12.9. The fourth-order valence-electron chi connectivity index (χ4n) is 3.02. The Morgan fingerprint density at radius 2 is 2.16 bits per heavy atom. The van der Waals surface area contributed by atoms with E-state index < -0.39 is 0 Å². The predicted molar refractivity (Wildman–Crippen MR) is 80.6 cm³/mol. The van der Waals surface area contributed by atoms with E-state index >= 15 is 0 Å². The number of rotatable bonds is 5. The van der Waals surface area contributed by atoms with Crippen LogP contribution in [0.4, 0.5) is 0 Å². The molecule has 106 valence electrons. The minimum atomic E-state index is -0.241. The van der Waals surface area contributed by atoms with Crippen LogP contribution in [0.5, 0.6) is 0 Å². The van der Waals surface area contributed by atoms with Crippen LogP contribution in [0.25, 0.3) is 0 Å². The monoisotopic (exact) mass is 280 g/mol. The molecule has 0 aromatic carbocycles. The van der Waals surface area contributed by atoms with Crippen molar-refractivity contribution >= 4 is 17.2 Å². The lowest BCUT2D eigenvalue weighted by atomic mass is 9.72. The number of nitrogens with zero attached hydrogens (tertiary/aromatic N) is 1. The Kier molecular flexibility index (Phi) is 4.99. The van der Waals surface area contributed by atoms with Crippen molar-refractivity contribution in [1.82, 2.24) is 10.2 Å². The molecule has 1 fully saturated rings. The molecule has 19 heavy (non-hydrogen) atoms. The SMILES string of the molecule is CNCCN(C)C(=O)C1(c2cccs2)CCCCC1. The standard InChI is InChI=1S/C15H24N2OS/c1-16-10-11-17(2)14(18)15(8-4-3-5-9-15)13-7-6-12-19-13/h6-7,12,16H,3-5,8-11H2,1-2H3. The van der Waals surface area contributed by atoms with Crippen LogP contribution in [0.3, 0.4) is 0 Å². The van der Waals surface area contributed by atoms with E-state index in [-0.39, 0.29) is 5.41 Å². The van der Waals surface area contributed by atoms with E-state index in [0.717, 1.165) is 25.9 Å². The molecule has 2 rings (SSSR count). The molecule has 0 spiro atoms. The molecular formula is C15H24N2OS. The Balaban J connectivity index is 2.20. The molecule has 1 saturated carbocycles. The van der Waals surface area contributed by atoms with Gasteiger partial charge in [0.2, 0.25) is 5.91 Å². The van der Waals surface area contributed by atoms with Crippen LogP contribution >= 0.6 is 11.3 Å². The number of amides is 1. The third-order valence-corrected chi connectivity index (χ3v) is 5.23. The van der Waals surface area contributed by atoms with Crippen molar-refractivity contribution in [3.63, 3.8) is 0 Å². The van der Waals surface area contributed by atoms with Gasteiger partial charge in [-0.1, -0.05) is 25.3 Å². The maximum Gasteiger partial charge on any atom is 0.233 e. The van der Waals surface area contributed by atoms with E-state index in [1.54, 1.807) is 11.3 Å². The first kappa shape index (κ1) is 14.5. The molecular weight excluding hydrogens is 256 g/mol. The number of carbonyl (C=O) groups is 1. The number of likely N-dealkylation sites (N-methyl/N-ethyl adjacent to an activating group) is 2. The molecule has 1 aliphatic rings. The van der Waals surface area contributed by atoms with Gasteiger partial charge < -0.3 is 10.2 Å². The number of nitrogens with one attached hydrogen (secondary N) is 1. The Morgan fingerprint density at radius 3 is 2.74 bits per heavy atom. The van der Waals surface area contributed by atoms with E-state index in [2.05, 4.69) is 22.8 Å². The van der Waals surface area contributed by atoms with Crippen molar-refractivity contribution in [3.8, 4) is 0 Å². The van der Waals surface area contributed by atoms with Crippen LogP contribution in [0.1, 0.15) is 37.0 Å². The molecule has 1 aliphatic carbocycles. The average molecular weight is 280 g/mol. The van der Waals surface area contributed by atoms with Gasteiger partial charge in [0, 0.05) is 25.0 Å². The topological polar surface area (TPSA) is 32.3 Å². The van der Waals surface area contributed by atoms with Gasteiger partial charge in [0.05, 0.1) is 5.41 Å². The van der Waals surface area contributed by atoms with E-state index in [4.69, 9.17) is 0 Å². The zero-order chi connectivity index (χ0) is 13.7. The van der Waals surface area contributed by atoms with Crippen LogP contribution in [-0.4, -0.2) is 38.0 Å². The second-order valence-corrected chi connectivity index (χ2v) is 6.40. The molecule has 1 heterocycles. The molecule has 4 heteroatoms. The van der Waals surface area contributed by atoms with Gasteiger partial charge in [-0.15, -0.1) is 11.3 Å². The van der Waals surface area contributed by atoms with Crippen molar-refractivity contribution in [3.05, 3.63) is 22.4 Å². The molecule has 0 bridgehead atoms. The summed E-state index contributed by atoms with van der Waals surface area (Å²) in [6.45, 7) is 1.63. The Labute approximate surface area is 120 Å². The lowest BCUT2D eigenvalue weighted by Crippen LogP contribution is -2.47. The van der Waals surface area contributed by atoms with E-state index in [9.17, 15) is 4.79 Å². The highest BCUT2D eigenvalue weighted by atomic mass is 32.1. The summed E-state index contributed by atoms with van der Waals surface area (Å²) in [5.41, 5.74) is -0.241. The van der Waals surface area contributed by atoms with Gasteiger partial charge in [-0.3, -0.25) is 4.79 Å². The van der Waals surface area contributed by atoms with Crippen LogP contribution in [-0.2, 0) is 10.2 Å². The van der Waals surface area contributed by atoms with Crippen molar-refractivity contribution < 1.29 is 4.79 Å². The summed E-state index contributed by atoms with van der Waals surface area (Å²) in [5.74, 6) is 0.310. The molecule has 0 aliphatic heterocycles. The first-order chi connectivity index (χ1) is 9.20. The predicted octanol–water partition coefficient (Wildman–Crippen LogP) is 2.63. The van der Waals surface area contributed by atoms with Crippen molar-refractivity contribution in [2.45, 2.75) is 37.5 Å². The van der Waals surface area contributed by atoms with Crippen LogP contribution < -0.4 is 5.32 Å². The summed E-state index contributed by atoms with van der Waals surface area (Å²) >= 11 is 1.73. The van der Waals surface area contributed by atoms with Crippen LogP contribution in [0, 0.1) is 0 Å². The van der Waals surface area contributed by atoms with Gasteiger partial charge >= 0.3 is 0 Å². The van der Waals surface area contributed by atoms with E-state index in [1.165, 1.54) is 24.1 Å². The molecule has 3 nitrogen and oxygen atoms in total. The molecule has 1 aromatic heterocycles.